The first-order valence-electron chi connectivity index (χ1n) is 15.1. The van der Waals surface area contributed by atoms with Gasteiger partial charge in [-0.1, -0.05) is 50.8 Å². The topological polar surface area (TPSA) is 52.6 Å². The molecule has 3 fully saturated rings. The van der Waals surface area contributed by atoms with Crippen molar-refractivity contribution in [2.24, 2.45) is 29.1 Å². The van der Waals surface area contributed by atoms with Crippen molar-refractivity contribution in [3.63, 3.8) is 0 Å². The van der Waals surface area contributed by atoms with Crippen molar-refractivity contribution in [2.45, 2.75) is 110 Å². The minimum Gasteiger partial charge on any atom is -0.494 e. The molecule has 202 valence electrons. The summed E-state index contributed by atoms with van der Waals surface area (Å²) in [5, 5.41) is 0. The summed E-state index contributed by atoms with van der Waals surface area (Å²) in [4.78, 5) is 25.3. The van der Waals surface area contributed by atoms with Gasteiger partial charge >= 0.3 is 5.97 Å². The molecule has 4 nitrogen and oxygen atoms in total. The highest BCUT2D eigenvalue weighted by Crippen LogP contribution is 2.62. The molecule has 0 amide bonds. The van der Waals surface area contributed by atoms with E-state index in [1.807, 2.05) is 37.3 Å². The second-order valence-corrected chi connectivity index (χ2v) is 12.6. The minimum absolute atomic E-state index is 0.0176. The summed E-state index contributed by atoms with van der Waals surface area (Å²) in [6.45, 7) is 7.32. The number of benzene rings is 1. The molecular weight excluding hydrogens is 460 g/mol. The van der Waals surface area contributed by atoms with E-state index in [-0.39, 0.29) is 23.4 Å². The van der Waals surface area contributed by atoms with Crippen molar-refractivity contribution in [3.8, 4) is 5.75 Å². The number of hydrogen-bond acceptors (Lipinski definition) is 4. The fourth-order valence-corrected chi connectivity index (χ4v) is 8.28. The molecule has 4 heteroatoms. The van der Waals surface area contributed by atoms with E-state index in [4.69, 9.17) is 9.47 Å². The van der Waals surface area contributed by atoms with Crippen LogP contribution < -0.4 is 4.74 Å². The monoisotopic (exact) mass is 506 g/mol. The molecule has 0 aromatic heterocycles. The van der Waals surface area contributed by atoms with Gasteiger partial charge < -0.3 is 9.47 Å². The van der Waals surface area contributed by atoms with Gasteiger partial charge in [0.1, 0.15) is 11.9 Å². The molecule has 0 bridgehead atoms. The average molecular weight is 507 g/mol. The molecule has 0 radical (unpaired) electrons. The smallest absolute Gasteiger partial charge is 0.313 e. The van der Waals surface area contributed by atoms with Crippen LogP contribution >= 0.6 is 0 Å². The molecule has 0 N–H and O–H groups in total. The van der Waals surface area contributed by atoms with E-state index in [0.29, 0.717) is 29.5 Å². The van der Waals surface area contributed by atoms with Crippen LogP contribution in [0.1, 0.15) is 109 Å². The number of hydrogen-bond donors (Lipinski definition) is 0. The number of rotatable bonds is 9. The summed E-state index contributed by atoms with van der Waals surface area (Å²) < 4.78 is 12.2. The molecule has 1 aromatic carbocycles. The van der Waals surface area contributed by atoms with Crippen molar-refractivity contribution in [1.82, 2.24) is 0 Å². The van der Waals surface area contributed by atoms with Gasteiger partial charge in [0.05, 0.1) is 12.5 Å². The van der Waals surface area contributed by atoms with Crippen molar-refractivity contribution in [2.75, 3.05) is 6.61 Å². The zero-order valence-electron chi connectivity index (χ0n) is 23.2. The van der Waals surface area contributed by atoms with E-state index in [2.05, 4.69) is 13.8 Å². The molecule has 37 heavy (non-hydrogen) atoms. The van der Waals surface area contributed by atoms with Crippen LogP contribution in [-0.2, 0) is 14.3 Å². The molecule has 4 aliphatic rings. The highest BCUT2D eigenvalue weighted by Gasteiger charge is 2.57. The summed E-state index contributed by atoms with van der Waals surface area (Å²) in [6.07, 6.45) is 15.3. The van der Waals surface area contributed by atoms with Crippen LogP contribution in [0.3, 0.4) is 0 Å². The van der Waals surface area contributed by atoms with Crippen molar-refractivity contribution in [1.29, 1.82) is 0 Å². The Morgan fingerprint density at radius 2 is 1.81 bits per heavy atom. The number of ether oxygens (including phenoxy) is 2. The Hall–Kier alpha value is -2.10. The third kappa shape index (κ3) is 5.40. The summed E-state index contributed by atoms with van der Waals surface area (Å²) in [6, 6.07) is 7.99. The molecule has 7 atom stereocenters. The van der Waals surface area contributed by atoms with Crippen molar-refractivity contribution >= 4 is 11.8 Å². The Labute approximate surface area is 223 Å². The van der Waals surface area contributed by atoms with Gasteiger partial charge in [-0.05, 0) is 106 Å². The fourth-order valence-electron chi connectivity index (χ4n) is 8.28. The van der Waals surface area contributed by atoms with E-state index in [0.717, 1.165) is 56.4 Å². The quantitative estimate of drug-likeness (QED) is 0.253. The van der Waals surface area contributed by atoms with Gasteiger partial charge in [0.25, 0.3) is 0 Å². The Morgan fingerprint density at radius 3 is 2.59 bits per heavy atom. The van der Waals surface area contributed by atoms with Crippen LogP contribution in [0, 0.1) is 29.1 Å². The SMILES string of the molecule is CCCCCCOc1ccc(C(C)C(=O)O[C@H]2CC[C@H]3[C@@H]4CCC5=CC(=O)CC[C@@H]5[C@H]4CC[C@]23C)cc1. The van der Waals surface area contributed by atoms with E-state index in [9.17, 15) is 9.59 Å². The predicted octanol–water partition coefficient (Wildman–Crippen LogP) is 7.80. The summed E-state index contributed by atoms with van der Waals surface area (Å²) in [7, 11) is 0. The van der Waals surface area contributed by atoms with Crippen LogP contribution in [0.15, 0.2) is 35.9 Å². The van der Waals surface area contributed by atoms with E-state index in [1.165, 1.54) is 44.1 Å². The lowest BCUT2D eigenvalue weighted by molar-refractivity contribution is -0.160. The van der Waals surface area contributed by atoms with Crippen molar-refractivity contribution < 1.29 is 19.1 Å². The Bertz CT molecular complexity index is 994. The van der Waals surface area contributed by atoms with Gasteiger partial charge in [0.2, 0.25) is 0 Å². The number of esters is 1. The lowest BCUT2D eigenvalue weighted by atomic mass is 9.52. The molecular formula is C33H46O4. The van der Waals surface area contributed by atoms with Gasteiger partial charge in [-0.2, -0.15) is 0 Å². The molecule has 0 heterocycles. The normalized spacial score (nSPS) is 33.5. The third-order valence-electron chi connectivity index (χ3n) is 10.5. The molecule has 1 unspecified atom stereocenters. The molecule has 0 saturated heterocycles. The average Bonchev–Trinajstić information content (AvgIpc) is 3.24. The first-order chi connectivity index (χ1) is 17.9. The maximum atomic E-state index is 13.3. The van der Waals surface area contributed by atoms with Crippen LogP contribution in [0.4, 0.5) is 0 Å². The Morgan fingerprint density at radius 1 is 1.00 bits per heavy atom. The Kier molecular flexibility index (Phi) is 8.12. The maximum Gasteiger partial charge on any atom is 0.313 e. The lowest BCUT2D eigenvalue weighted by Gasteiger charge is -2.53. The molecule has 1 aromatic rings. The highest BCUT2D eigenvalue weighted by atomic mass is 16.5. The zero-order chi connectivity index (χ0) is 26.0. The van der Waals surface area contributed by atoms with Gasteiger partial charge in [0, 0.05) is 11.8 Å². The maximum absolute atomic E-state index is 13.3. The molecule has 5 rings (SSSR count). The number of carbonyl (C=O) groups is 2. The van der Waals surface area contributed by atoms with Crippen LogP contribution in [-0.4, -0.2) is 24.5 Å². The predicted molar refractivity (Wildman–Crippen MR) is 146 cm³/mol. The van der Waals surface area contributed by atoms with E-state index in [1.54, 1.807) is 0 Å². The van der Waals surface area contributed by atoms with Crippen molar-refractivity contribution in [3.05, 3.63) is 41.5 Å². The minimum atomic E-state index is -0.278. The third-order valence-corrected chi connectivity index (χ3v) is 10.5. The second-order valence-electron chi connectivity index (χ2n) is 12.6. The lowest BCUT2D eigenvalue weighted by Crippen LogP contribution is -2.48. The molecule has 0 spiro atoms. The molecule has 0 aliphatic heterocycles. The standard InChI is InChI=1S/C33H46O4/c1-4-5-6-7-20-36-26-12-8-23(9-13-26)22(2)32(35)37-31-17-16-30-29-14-10-24-21-25(34)11-15-27(24)28(29)18-19-33(30,31)3/h8-9,12-13,21-22,27-31H,4-7,10-11,14-20H2,1-3H3/t22?,27-,28+,29+,30-,31-,33-/m0/s1. The number of unbranched alkanes of at least 4 members (excludes halogenated alkanes) is 3. The number of carbonyl (C=O) groups excluding carboxylic acids is 2. The number of allylic oxidation sites excluding steroid dienone is 1. The second kappa shape index (κ2) is 11.3. The zero-order valence-corrected chi connectivity index (χ0v) is 23.2. The van der Waals surface area contributed by atoms with Crippen LogP contribution in [0.25, 0.3) is 0 Å². The number of fused-ring (bicyclic) bond motifs is 5. The molecule has 3 saturated carbocycles. The first-order valence-corrected chi connectivity index (χ1v) is 15.1. The van der Waals surface area contributed by atoms with Gasteiger partial charge in [-0.3, -0.25) is 9.59 Å². The summed E-state index contributed by atoms with van der Waals surface area (Å²) in [5.41, 5.74) is 2.51. The van der Waals surface area contributed by atoms with E-state index < -0.39 is 0 Å². The molecule has 4 aliphatic carbocycles. The fraction of sp³-hybridized carbons (Fsp3) is 0.697. The highest BCUT2D eigenvalue weighted by molar-refractivity contribution is 5.91. The Balaban J connectivity index is 1.17. The largest absolute Gasteiger partial charge is 0.494 e. The van der Waals surface area contributed by atoms with Gasteiger partial charge in [0.15, 0.2) is 5.78 Å². The number of ketones is 1. The first kappa shape index (κ1) is 26.5. The van der Waals surface area contributed by atoms with E-state index >= 15 is 0 Å². The van der Waals surface area contributed by atoms with Crippen LogP contribution in [0.2, 0.25) is 0 Å². The summed E-state index contributed by atoms with van der Waals surface area (Å²) >= 11 is 0. The summed E-state index contributed by atoms with van der Waals surface area (Å²) in [5.74, 6) is 3.50. The van der Waals surface area contributed by atoms with Crippen LogP contribution in [0.5, 0.6) is 5.75 Å². The van der Waals surface area contributed by atoms with Gasteiger partial charge in [-0.25, -0.2) is 0 Å². The van der Waals surface area contributed by atoms with Gasteiger partial charge in [-0.15, -0.1) is 0 Å².